The first-order valence-corrected chi connectivity index (χ1v) is 9.82. The molecule has 142 valence electrons. The number of amides is 1. The number of hydrogen-bond acceptors (Lipinski definition) is 4. The lowest BCUT2D eigenvalue weighted by atomic mass is 9.75. The number of carbonyl (C=O) groups excluding carboxylic acids is 1. The maximum atomic E-state index is 11.7. The van der Waals surface area contributed by atoms with Crippen molar-refractivity contribution in [1.29, 1.82) is 0 Å². The summed E-state index contributed by atoms with van der Waals surface area (Å²) in [5.41, 5.74) is 1.60. The normalized spacial score (nSPS) is 35.2. The van der Waals surface area contributed by atoms with Gasteiger partial charge in [0.05, 0.1) is 19.8 Å². The standard InChI is InChI=1S/C21H30N2O3/c1-21-14-18(22-8-10-23(11-9-22)20(24)25-2)12-17(21)13-19(26-15-21)16-6-4-3-5-7-16/h3-7,17-19H,8-15H2,1-2H3/t17-,18-,19-,21+/m0/s1. The van der Waals surface area contributed by atoms with Gasteiger partial charge in [0.1, 0.15) is 0 Å². The van der Waals surface area contributed by atoms with Gasteiger partial charge in [-0.05, 0) is 36.2 Å². The molecule has 3 fully saturated rings. The minimum atomic E-state index is -0.198. The molecule has 0 spiro atoms. The van der Waals surface area contributed by atoms with Crippen molar-refractivity contribution < 1.29 is 14.3 Å². The Morgan fingerprint density at radius 2 is 1.88 bits per heavy atom. The first-order chi connectivity index (χ1) is 12.6. The molecule has 1 aliphatic carbocycles. The Hall–Kier alpha value is -1.59. The first-order valence-electron chi connectivity index (χ1n) is 9.82. The van der Waals surface area contributed by atoms with E-state index in [0.717, 1.165) is 39.2 Å². The van der Waals surface area contributed by atoms with E-state index in [9.17, 15) is 4.79 Å². The van der Waals surface area contributed by atoms with Crippen LogP contribution in [-0.4, -0.2) is 61.8 Å². The predicted octanol–water partition coefficient (Wildman–Crippen LogP) is 3.32. The molecule has 26 heavy (non-hydrogen) atoms. The van der Waals surface area contributed by atoms with Gasteiger partial charge in [-0.2, -0.15) is 0 Å². The van der Waals surface area contributed by atoms with Crippen molar-refractivity contribution in [2.45, 2.75) is 38.3 Å². The van der Waals surface area contributed by atoms with Crippen LogP contribution in [0.25, 0.3) is 0 Å². The van der Waals surface area contributed by atoms with Gasteiger partial charge in [-0.3, -0.25) is 4.90 Å². The van der Waals surface area contributed by atoms with Gasteiger partial charge < -0.3 is 14.4 Å². The summed E-state index contributed by atoms with van der Waals surface area (Å²) in [6.45, 7) is 6.71. The molecule has 2 saturated heterocycles. The second kappa shape index (κ2) is 7.20. The molecule has 4 rings (SSSR count). The molecule has 5 heteroatoms. The third-order valence-corrected chi connectivity index (χ3v) is 6.79. The smallest absolute Gasteiger partial charge is 0.409 e. The number of benzene rings is 1. The highest BCUT2D eigenvalue weighted by atomic mass is 16.5. The van der Waals surface area contributed by atoms with Gasteiger partial charge in [-0.1, -0.05) is 37.3 Å². The summed E-state index contributed by atoms with van der Waals surface area (Å²) in [7, 11) is 1.46. The number of ether oxygens (including phenoxy) is 2. The van der Waals surface area contributed by atoms with Crippen LogP contribution in [-0.2, 0) is 9.47 Å². The van der Waals surface area contributed by atoms with Gasteiger partial charge in [-0.25, -0.2) is 4.79 Å². The second-order valence-corrected chi connectivity index (χ2v) is 8.38. The zero-order valence-corrected chi connectivity index (χ0v) is 15.9. The van der Waals surface area contributed by atoms with Crippen LogP contribution in [0.1, 0.15) is 37.9 Å². The van der Waals surface area contributed by atoms with Crippen molar-refractivity contribution in [1.82, 2.24) is 9.80 Å². The van der Waals surface area contributed by atoms with Crippen molar-refractivity contribution in [2.75, 3.05) is 39.9 Å². The fourth-order valence-electron chi connectivity index (χ4n) is 5.15. The van der Waals surface area contributed by atoms with Gasteiger partial charge >= 0.3 is 6.09 Å². The molecule has 2 aliphatic heterocycles. The Morgan fingerprint density at radius 1 is 1.15 bits per heavy atom. The number of hydrogen-bond donors (Lipinski definition) is 0. The molecule has 2 heterocycles. The first kappa shape index (κ1) is 17.8. The van der Waals surface area contributed by atoms with Gasteiger partial charge in [0.25, 0.3) is 0 Å². The highest BCUT2D eigenvalue weighted by molar-refractivity contribution is 5.67. The molecular weight excluding hydrogens is 328 g/mol. The maximum absolute atomic E-state index is 11.7. The summed E-state index contributed by atoms with van der Waals surface area (Å²) in [4.78, 5) is 16.1. The van der Waals surface area contributed by atoms with E-state index in [4.69, 9.17) is 9.47 Å². The van der Waals surface area contributed by atoms with Crippen molar-refractivity contribution in [2.24, 2.45) is 11.3 Å². The summed E-state index contributed by atoms with van der Waals surface area (Å²) in [5, 5.41) is 0. The van der Waals surface area contributed by atoms with E-state index in [-0.39, 0.29) is 17.6 Å². The fourth-order valence-corrected chi connectivity index (χ4v) is 5.15. The van der Waals surface area contributed by atoms with Crippen LogP contribution < -0.4 is 0 Å². The quantitative estimate of drug-likeness (QED) is 0.813. The van der Waals surface area contributed by atoms with Gasteiger partial charge in [-0.15, -0.1) is 0 Å². The lowest BCUT2D eigenvalue weighted by Gasteiger charge is -2.40. The summed E-state index contributed by atoms with van der Waals surface area (Å²) < 4.78 is 11.1. The van der Waals surface area contributed by atoms with Crippen LogP contribution in [0.15, 0.2) is 30.3 Å². The molecule has 0 bridgehead atoms. The Balaban J connectivity index is 1.37. The largest absolute Gasteiger partial charge is 0.453 e. The van der Waals surface area contributed by atoms with Crippen LogP contribution in [0.5, 0.6) is 0 Å². The van der Waals surface area contributed by atoms with E-state index in [2.05, 4.69) is 42.2 Å². The molecule has 1 aromatic carbocycles. The molecule has 1 amide bonds. The molecular formula is C21H30N2O3. The highest BCUT2D eigenvalue weighted by Crippen LogP contribution is 2.52. The Bertz CT molecular complexity index is 629. The van der Waals surface area contributed by atoms with E-state index < -0.39 is 0 Å². The number of piperazine rings is 1. The minimum Gasteiger partial charge on any atom is -0.453 e. The number of carbonyl (C=O) groups is 1. The molecule has 1 saturated carbocycles. The summed E-state index contributed by atoms with van der Waals surface area (Å²) >= 11 is 0. The van der Waals surface area contributed by atoms with Gasteiger partial charge in [0.15, 0.2) is 0 Å². The average molecular weight is 358 g/mol. The zero-order chi connectivity index (χ0) is 18.1. The van der Waals surface area contributed by atoms with E-state index in [0.29, 0.717) is 12.0 Å². The van der Waals surface area contributed by atoms with Crippen molar-refractivity contribution >= 4 is 6.09 Å². The van der Waals surface area contributed by atoms with Crippen LogP contribution >= 0.6 is 0 Å². The van der Waals surface area contributed by atoms with E-state index in [1.54, 1.807) is 0 Å². The van der Waals surface area contributed by atoms with Crippen LogP contribution in [0.2, 0.25) is 0 Å². The molecule has 0 aromatic heterocycles. The zero-order valence-electron chi connectivity index (χ0n) is 15.9. The number of methoxy groups -OCH3 is 1. The summed E-state index contributed by atoms with van der Waals surface area (Å²) in [5.74, 6) is 0.713. The minimum absolute atomic E-state index is 0.198. The number of nitrogens with zero attached hydrogens (tertiary/aromatic N) is 2. The lowest BCUT2D eigenvalue weighted by molar-refractivity contribution is -0.0819. The fraction of sp³-hybridized carbons (Fsp3) is 0.667. The van der Waals surface area contributed by atoms with E-state index >= 15 is 0 Å². The third-order valence-electron chi connectivity index (χ3n) is 6.79. The number of fused-ring (bicyclic) bond motifs is 1. The molecule has 3 aliphatic rings. The van der Waals surface area contributed by atoms with E-state index in [1.165, 1.54) is 25.5 Å². The van der Waals surface area contributed by atoms with Crippen molar-refractivity contribution in [3.8, 4) is 0 Å². The molecule has 1 aromatic rings. The molecule has 4 atom stereocenters. The lowest BCUT2D eigenvalue weighted by Crippen LogP contribution is -2.51. The Labute approximate surface area is 156 Å². The van der Waals surface area contributed by atoms with E-state index in [1.807, 2.05) is 4.90 Å². The topological polar surface area (TPSA) is 42.0 Å². The van der Waals surface area contributed by atoms with Gasteiger partial charge in [0.2, 0.25) is 0 Å². The van der Waals surface area contributed by atoms with Crippen LogP contribution in [0, 0.1) is 11.3 Å². The van der Waals surface area contributed by atoms with Crippen LogP contribution in [0.3, 0.4) is 0 Å². The summed E-state index contributed by atoms with van der Waals surface area (Å²) in [6, 6.07) is 11.3. The second-order valence-electron chi connectivity index (χ2n) is 8.38. The molecule has 0 unspecified atom stereocenters. The number of rotatable bonds is 2. The summed E-state index contributed by atoms with van der Waals surface area (Å²) in [6.07, 6.45) is 3.62. The van der Waals surface area contributed by atoms with Crippen molar-refractivity contribution in [3.63, 3.8) is 0 Å². The Kier molecular flexibility index (Phi) is 4.93. The van der Waals surface area contributed by atoms with Crippen LogP contribution in [0.4, 0.5) is 4.79 Å². The SMILES string of the molecule is COC(=O)N1CCN([C@H]2C[C@H]3C[C@@H](c4ccccc4)OC[C@@]3(C)C2)CC1. The highest BCUT2D eigenvalue weighted by Gasteiger charge is 2.49. The molecule has 0 N–H and O–H groups in total. The average Bonchev–Trinajstić information content (AvgIpc) is 3.04. The predicted molar refractivity (Wildman–Crippen MR) is 99.9 cm³/mol. The molecule has 5 nitrogen and oxygen atoms in total. The molecule has 0 radical (unpaired) electrons. The monoisotopic (exact) mass is 358 g/mol. The van der Waals surface area contributed by atoms with Gasteiger partial charge in [0, 0.05) is 32.2 Å². The third kappa shape index (κ3) is 3.35. The van der Waals surface area contributed by atoms with Crippen molar-refractivity contribution in [3.05, 3.63) is 35.9 Å². The Morgan fingerprint density at radius 3 is 2.58 bits per heavy atom. The maximum Gasteiger partial charge on any atom is 0.409 e.